The highest BCUT2D eigenvalue weighted by atomic mass is 28.3. The number of hydrogen-bond acceptors (Lipinski definition) is 8. The van der Waals surface area contributed by atoms with Crippen LogP contribution in [-0.4, -0.2) is 125 Å². The molecule has 0 radical (unpaired) electrons. The lowest BCUT2D eigenvalue weighted by molar-refractivity contribution is 0.121. The third kappa shape index (κ3) is 21.1. The summed E-state index contributed by atoms with van der Waals surface area (Å²) in [6.45, 7) is 90.2. The second-order valence-electron chi connectivity index (χ2n) is 58.6. The number of allylic oxidation sites excluding steroid dienone is 16. The van der Waals surface area contributed by atoms with Crippen LogP contribution in [0.3, 0.4) is 0 Å². The molecule has 8 nitrogen and oxygen atoms in total. The average molecular weight is 2060 g/mol. The molecule has 0 saturated heterocycles. The molecule has 0 aromatic heterocycles. The summed E-state index contributed by atoms with van der Waals surface area (Å²) in [6, 6.07) is 29.0. The van der Waals surface area contributed by atoms with Crippen molar-refractivity contribution in [2.24, 2.45) is 59.2 Å². The first kappa shape index (κ1) is 115. The molecule has 18 rings (SSSR count). The highest BCUT2D eigenvalue weighted by Crippen LogP contribution is 2.69. The Balaban J connectivity index is 0.000000146. The Hall–Kier alpha value is -5.29. The van der Waals surface area contributed by atoms with Gasteiger partial charge in [0.15, 0.2) is 0 Å². The molecule has 14 unspecified atom stereocenters. The quantitative estimate of drug-likeness (QED) is 0.0577. The van der Waals surface area contributed by atoms with Crippen LogP contribution in [-0.2, 0) is 21.7 Å². The summed E-state index contributed by atoms with van der Waals surface area (Å²) < 4.78 is 34.9. The van der Waals surface area contributed by atoms with E-state index >= 15 is 0 Å². The molecule has 14 atom stereocenters. The van der Waals surface area contributed by atoms with Gasteiger partial charge in [-0.3, -0.25) is 0 Å². The van der Waals surface area contributed by atoms with Crippen molar-refractivity contribution in [3.63, 3.8) is 0 Å². The van der Waals surface area contributed by atoms with Gasteiger partial charge in [-0.2, -0.15) is 0 Å². The van der Waals surface area contributed by atoms with Gasteiger partial charge in [0.1, 0.15) is 55.9 Å². The van der Waals surface area contributed by atoms with E-state index in [-0.39, 0.29) is 54.9 Å². The molecule has 0 N–H and O–H groups in total. The smallest absolute Gasteiger partial charge is 0.127 e. The monoisotopic (exact) mass is 2050 g/mol. The fourth-order valence-electron chi connectivity index (χ4n) is 37.5. The van der Waals surface area contributed by atoms with Crippen LogP contribution in [0.1, 0.15) is 418 Å². The lowest BCUT2D eigenvalue weighted by Gasteiger charge is -2.57. The Morgan fingerprint density at radius 2 is 0.575 bits per heavy atom. The molecule has 4 aromatic carbocycles. The first-order valence-electron chi connectivity index (χ1n) is 59.9. The summed E-state index contributed by atoms with van der Waals surface area (Å²) >= 11 is 0. The topological polar surface area (TPSA) is 49.9 Å². The van der Waals surface area contributed by atoms with Crippen molar-refractivity contribution >= 4 is 55.2 Å². The Morgan fingerprint density at radius 3 is 0.897 bits per heavy atom. The number of hydrogen-bond donors (Lipinski definition) is 0. The minimum atomic E-state index is -1.84. The van der Waals surface area contributed by atoms with Crippen molar-refractivity contribution in [3.05, 3.63) is 188 Å². The maximum atomic E-state index is 5.80. The van der Waals surface area contributed by atoms with Crippen LogP contribution in [0.25, 0.3) is 22.3 Å². The number of nitrogens with zero attached hydrogens (tertiary/aromatic N) is 4. The normalized spacial score (nSPS) is 27.4. The van der Waals surface area contributed by atoms with E-state index in [2.05, 4.69) is 386 Å². The van der Waals surface area contributed by atoms with Gasteiger partial charge in [0.2, 0.25) is 0 Å². The van der Waals surface area contributed by atoms with Crippen molar-refractivity contribution < 1.29 is 18.9 Å². The Bertz CT molecular complexity index is 5520. The Morgan fingerprint density at radius 1 is 0.301 bits per heavy atom. The molecule has 0 spiro atoms. The van der Waals surface area contributed by atoms with E-state index in [0.29, 0.717) is 47.3 Å². The molecule has 0 bridgehead atoms. The van der Waals surface area contributed by atoms with Gasteiger partial charge in [0.25, 0.3) is 0 Å². The minimum absolute atomic E-state index is 0.0375. The van der Waals surface area contributed by atoms with Crippen molar-refractivity contribution in [2.75, 3.05) is 28.4 Å². The Kier molecular flexibility index (Phi) is 33.6. The van der Waals surface area contributed by atoms with E-state index < -0.39 is 32.9 Å². The fraction of sp³-hybridized carbons (Fsp3) is 0.701. The van der Waals surface area contributed by atoms with Crippen LogP contribution in [0, 0.1) is 59.2 Å². The second kappa shape index (κ2) is 42.8. The summed E-state index contributed by atoms with van der Waals surface area (Å²) in [5.41, 5.74) is 29.2. The van der Waals surface area contributed by atoms with Crippen molar-refractivity contribution in [2.45, 2.75) is 515 Å². The first-order chi connectivity index (χ1) is 68.2. The molecule has 14 aliphatic carbocycles. The molecule has 6 fully saturated rings. The molecular weight excluding hydrogens is 1840 g/mol. The van der Waals surface area contributed by atoms with Gasteiger partial charge in [-0.15, -0.1) is 0 Å². The molecule has 0 amide bonds. The van der Waals surface area contributed by atoms with Crippen molar-refractivity contribution in [3.8, 4) is 23.0 Å². The second-order valence-corrected chi connectivity index (χ2v) is 76.5. The number of ether oxygens (including phenoxy) is 4. The number of methoxy groups -OCH3 is 4. The summed E-state index contributed by atoms with van der Waals surface area (Å²) in [5, 5.41) is 0. The number of fused-ring (bicyclic) bond motifs is 16. The van der Waals surface area contributed by atoms with Crippen molar-refractivity contribution in [1.29, 1.82) is 0 Å². The third-order valence-corrected chi connectivity index (χ3v) is 60.2. The van der Waals surface area contributed by atoms with Gasteiger partial charge in [0, 0.05) is 67.0 Å². The zero-order valence-electron chi connectivity index (χ0n) is 101. The molecule has 808 valence electrons. The van der Waals surface area contributed by atoms with Crippen LogP contribution in [0.15, 0.2) is 144 Å². The molecular formula is C134H212N4O4Si4. The van der Waals surface area contributed by atoms with Gasteiger partial charge >= 0.3 is 0 Å². The van der Waals surface area contributed by atoms with Gasteiger partial charge in [-0.05, 0) is 421 Å². The first-order valence-corrected chi connectivity index (χ1v) is 72.0. The van der Waals surface area contributed by atoms with Gasteiger partial charge in [-0.1, -0.05) is 297 Å². The van der Waals surface area contributed by atoms with Gasteiger partial charge < -0.3 is 37.2 Å². The lowest BCUT2D eigenvalue weighted by atomic mass is 9.68. The van der Waals surface area contributed by atoms with E-state index in [1.165, 1.54) is 224 Å². The van der Waals surface area contributed by atoms with Crippen LogP contribution in [0.4, 0.5) is 0 Å². The predicted octanol–water partition coefficient (Wildman–Crippen LogP) is 37.5. The largest absolute Gasteiger partial charge is 0.497 e. The van der Waals surface area contributed by atoms with Crippen molar-refractivity contribution in [1.82, 2.24) is 18.3 Å². The Labute approximate surface area is 900 Å². The minimum Gasteiger partial charge on any atom is -0.497 e. The molecule has 12 heteroatoms. The van der Waals surface area contributed by atoms with E-state index in [1.54, 1.807) is 58.8 Å². The molecule has 4 aromatic rings. The average Bonchev–Trinajstić information content (AvgIpc) is 1.54. The molecule has 0 heterocycles. The fourth-order valence-corrected chi connectivity index (χ4v) is 61.5. The van der Waals surface area contributed by atoms with E-state index in [1.807, 2.05) is 14.2 Å². The lowest BCUT2D eigenvalue weighted by Crippen LogP contribution is -2.67. The van der Waals surface area contributed by atoms with Gasteiger partial charge in [-0.25, -0.2) is 0 Å². The molecule has 146 heavy (non-hydrogen) atoms. The van der Waals surface area contributed by atoms with Crippen LogP contribution >= 0.6 is 0 Å². The number of unbranched alkanes of at least 4 members (excludes halogenated alkanes) is 4. The summed E-state index contributed by atoms with van der Waals surface area (Å²) in [6.07, 6.45) is 59.6. The maximum absolute atomic E-state index is 5.80. The maximum Gasteiger partial charge on any atom is 0.127 e. The highest BCUT2D eigenvalue weighted by Gasteiger charge is 2.63. The van der Waals surface area contributed by atoms with Gasteiger partial charge in [0.05, 0.1) is 28.4 Å². The predicted molar refractivity (Wildman–Crippen MR) is 642 cm³/mol. The standard InChI is InChI=1S/C36H59NOSi.C35H57NOSi.C32H49NOSi.C31H47NOSi/c1-13-15-19-36(20-16-14-2)31-23-27(38-10)17-18-28(31)30-22-26-21-25(3)33(29(26)24-32(30)36)39(11,12)37(34(4,5)6)35(7,8)9;1-12-14-20-35(21-15-13-2)30-23-26(37-9)17-18-27(30)29-22-25-16-19-32(28(25)24-31(29)35)38(10,11)36(33(3,4)5)34(6,7)8;1-21-17-22-18-27-25-16-15-24(34-7)19-28(25)32(5,6)29(27)20-26(22)30(21)35(8,9)33(31(2,3)4)23-13-11-10-12-14-23;1-30(2,3)32(22-12-10-9-11-13-22)34(7,8)29-17-14-21-18-26-24-16-15-23(33-6)19-27(24)31(4,5)28(26)20-25(21)29/h17-18,22-26,29,33H,13-16,19-21H2,1-12H3;17-18,22-25,28,32H,12-16,19-21H2,1-11H3;15-16,18-23,26,30H,10-14,17H2,1-9H3;15-16,18-22,25,29H,9-14,17H2,1-8H3. The van der Waals surface area contributed by atoms with E-state index in [4.69, 9.17) is 18.9 Å². The zero-order valence-corrected chi connectivity index (χ0v) is 105. The van der Waals surface area contributed by atoms with Crippen LogP contribution < -0.4 is 18.9 Å². The summed E-state index contributed by atoms with van der Waals surface area (Å²) in [7, 11) is 0.177. The molecule has 14 aliphatic rings. The molecule has 6 saturated carbocycles. The van der Waals surface area contributed by atoms with E-state index in [0.717, 1.165) is 69.1 Å². The number of rotatable bonds is 26. The highest BCUT2D eigenvalue weighted by molar-refractivity contribution is 6.78. The zero-order chi connectivity index (χ0) is 107. The van der Waals surface area contributed by atoms with Crippen LogP contribution in [0.5, 0.6) is 23.0 Å². The number of benzene rings is 4. The van der Waals surface area contributed by atoms with E-state index in [9.17, 15) is 0 Å². The summed E-state index contributed by atoms with van der Waals surface area (Å²) in [5.74, 6) is 10.9. The SMILES string of the molecule is CCCCC1(CCCC)C2=CC3C(C=C2c2ccc(OC)cc21)CC(C)C3[Si](C)(C)N(C(C)(C)C)C(C)(C)C.CCCCC1(CCCC)C2=CC3C(C=C2c2ccc(OC)cc21)CCC3[Si](C)(C)N(C(C)(C)C)C(C)(C)C.COc1ccc2c(c1)C(C)(C)C1=CC3C(C=C12)CC(C)C3[Si](C)(C)N(C1CCCCC1)C(C)(C)C.COc1ccc2c(c1)C(C)(C)C1=CC3C(C=C12)CCC3[Si](C)(C)N(C1CCCCC1)C(C)(C)C. The summed E-state index contributed by atoms with van der Waals surface area (Å²) in [4.78, 5) is 0. The molecule has 0 aliphatic heterocycles. The third-order valence-electron chi connectivity index (χ3n) is 40.5. The van der Waals surface area contributed by atoms with Crippen LogP contribution in [0.2, 0.25) is 74.5 Å².